The summed E-state index contributed by atoms with van der Waals surface area (Å²) in [5, 5.41) is 9.28. The van der Waals surface area contributed by atoms with Crippen LogP contribution < -0.4 is 14.2 Å². The van der Waals surface area contributed by atoms with Crippen molar-refractivity contribution in [1.82, 2.24) is 4.57 Å². The second-order valence-corrected chi connectivity index (χ2v) is 10.1. The van der Waals surface area contributed by atoms with Gasteiger partial charge in [0.05, 0.1) is 21.6 Å². The summed E-state index contributed by atoms with van der Waals surface area (Å²) in [5.41, 5.74) is 2.50. The largest absolute Gasteiger partial charge is 0.573 e. The molecule has 1 N–H and O–H groups in total. The van der Waals surface area contributed by atoms with Gasteiger partial charge < -0.3 is 19.3 Å². The van der Waals surface area contributed by atoms with E-state index in [0.29, 0.717) is 53.7 Å². The van der Waals surface area contributed by atoms with Crippen molar-refractivity contribution in [1.29, 1.82) is 0 Å². The molecule has 0 amide bonds. The highest BCUT2D eigenvalue weighted by atomic mass is 79.9. The number of hydrogen-bond acceptors (Lipinski definition) is 5. The minimum Gasteiger partial charge on any atom is -0.494 e. The summed E-state index contributed by atoms with van der Waals surface area (Å²) >= 11 is 6.79. The predicted molar refractivity (Wildman–Crippen MR) is 144 cm³/mol. The van der Waals surface area contributed by atoms with Gasteiger partial charge in [0.15, 0.2) is 6.61 Å². The summed E-state index contributed by atoms with van der Waals surface area (Å²) in [4.78, 5) is 24.6. The third kappa shape index (κ3) is 6.39. The number of ether oxygens (including phenoxy) is 3. The first-order chi connectivity index (χ1) is 18.4. The van der Waals surface area contributed by atoms with Gasteiger partial charge in [-0.15, -0.1) is 13.2 Å². The fraction of sp³-hybridized carbons (Fsp3) is 0.185. The summed E-state index contributed by atoms with van der Waals surface area (Å²) < 4.78 is 56.2. The van der Waals surface area contributed by atoms with Crippen LogP contribution in [0.25, 0.3) is 10.9 Å². The zero-order valence-electron chi connectivity index (χ0n) is 20.4. The second kappa shape index (κ2) is 11.3. The van der Waals surface area contributed by atoms with E-state index >= 15 is 0 Å². The normalized spacial score (nSPS) is 11.5. The fourth-order valence-electron chi connectivity index (χ4n) is 4.25. The summed E-state index contributed by atoms with van der Waals surface area (Å²) in [5.74, 6) is -1.14. The Balaban J connectivity index is 1.84. The van der Waals surface area contributed by atoms with Crippen molar-refractivity contribution >= 4 is 54.6 Å². The lowest BCUT2D eigenvalue weighted by molar-refractivity contribution is -0.274. The average Bonchev–Trinajstić information content (AvgIpc) is 3.12. The van der Waals surface area contributed by atoms with Crippen LogP contribution in [0.3, 0.4) is 0 Å². The molecular weight excluding hydrogens is 651 g/mol. The number of hydrogen-bond donors (Lipinski definition) is 1. The van der Waals surface area contributed by atoms with Crippen molar-refractivity contribution in [3.8, 4) is 17.2 Å². The number of fused-ring (bicyclic) bond motifs is 1. The summed E-state index contributed by atoms with van der Waals surface area (Å²) in [6.45, 7) is 1.18. The van der Waals surface area contributed by atoms with Crippen molar-refractivity contribution in [3.63, 3.8) is 0 Å². The first-order valence-electron chi connectivity index (χ1n) is 11.3. The van der Waals surface area contributed by atoms with Crippen molar-refractivity contribution in [2.45, 2.75) is 19.7 Å². The van der Waals surface area contributed by atoms with Crippen LogP contribution in [0, 0.1) is 6.92 Å². The van der Waals surface area contributed by atoms with Crippen LogP contribution in [-0.2, 0) is 11.2 Å². The van der Waals surface area contributed by atoms with Crippen LogP contribution in [0.5, 0.6) is 17.2 Å². The second-order valence-electron chi connectivity index (χ2n) is 8.41. The number of carbonyl (C=O) groups excluding carboxylic acids is 1. The Morgan fingerprint density at radius 3 is 2.31 bits per heavy atom. The number of benzene rings is 3. The molecule has 12 heteroatoms. The van der Waals surface area contributed by atoms with Crippen LogP contribution in [-0.4, -0.2) is 41.6 Å². The molecule has 4 aromatic rings. The van der Waals surface area contributed by atoms with Crippen LogP contribution in [0.2, 0.25) is 0 Å². The molecule has 0 fully saturated rings. The van der Waals surface area contributed by atoms with Gasteiger partial charge in [-0.1, -0.05) is 12.1 Å². The lowest BCUT2D eigenvalue weighted by Gasteiger charge is -2.12. The SMILES string of the molecule is COc1c(Br)cc(C(=O)n2c(C)c(Cc3cccc(OCC(=O)O)c3)c3cc(OC(F)(F)F)ccc32)cc1Br. The van der Waals surface area contributed by atoms with E-state index in [1.807, 2.05) is 0 Å². The summed E-state index contributed by atoms with van der Waals surface area (Å²) in [7, 11) is 1.49. The van der Waals surface area contributed by atoms with E-state index in [1.54, 1.807) is 43.3 Å². The van der Waals surface area contributed by atoms with Gasteiger partial charge >= 0.3 is 12.3 Å². The number of halogens is 5. The number of carboxylic acids is 1. The molecule has 1 heterocycles. The number of nitrogens with zero attached hydrogens (tertiary/aromatic N) is 1. The lowest BCUT2D eigenvalue weighted by Crippen LogP contribution is -2.17. The smallest absolute Gasteiger partial charge is 0.494 e. The summed E-state index contributed by atoms with van der Waals surface area (Å²) in [6, 6.07) is 13.7. The van der Waals surface area contributed by atoms with Gasteiger partial charge in [0, 0.05) is 16.6 Å². The highest BCUT2D eigenvalue weighted by Gasteiger charge is 2.32. The van der Waals surface area contributed by atoms with Crippen LogP contribution >= 0.6 is 31.9 Å². The van der Waals surface area contributed by atoms with Crippen LogP contribution in [0.4, 0.5) is 13.2 Å². The Labute approximate surface area is 237 Å². The minimum atomic E-state index is -4.89. The number of carbonyl (C=O) groups is 2. The molecule has 4 rings (SSSR count). The number of carboxylic acid groups (broad SMARTS) is 1. The quantitative estimate of drug-likeness (QED) is 0.215. The maximum absolute atomic E-state index is 13.8. The Bertz CT molecular complexity index is 1560. The van der Waals surface area contributed by atoms with E-state index < -0.39 is 30.6 Å². The van der Waals surface area contributed by atoms with E-state index in [-0.39, 0.29) is 6.42 Å². The Kier molecular flexibility index (Phi) is 8.26. The first kappa shape index (κ1) is 28.5. The number of aromatic nitrogens is 1. The van der Waals surface area contributed by atoms with Gasteiger partial charge in [0.25, 0.3) is 5.91 Å². The minimum absolute atomic E-state index is 0.221. The highest BCUT2D eigenvalue weighted by molar-refractivity contribution is 9.11. The van der Waals surface area contributed by atoms with Gasteiger partial charge in [-0.3, -0.25) is 9.36 Å². The van der Waals surface area contributed by atoms with E-state index in [1.165, 1.54) is 23.8 Å². The van der Waals surface area contributed by atoms with Crippen LogP contribution in [0.15, 0.2) is 63.5 Å². The molecule has 0 bridgehead atoms. The maximum Gasteiger partial charge on any atom is 0.573 e. The van der Waals surface area contributed by atoms with Gasteiger partial charge in [-0.05, 0) is 98.8 Å². The summed E-state index contributed by atoms with van der Waals surface area (Å²) in [6.07, 6.45) is -4.67. The molecule has 3 aromatic carbocycles. The Morgan fingerprint density at radius 1 is 1.00 bits per heavy atom. The third-order valence-electron chi connectivity index (χ3n) is 5.83. The molecule has 7 nitrogen and oxygen atoms in total. The van der Waals surface area contributed by atoms with E-state index in [2.05, 4.69) is 36.6 Å². The topological polar surface area (TPSA) is 87.0 Å². The monoisotopic (exact) mass is 669 g/mol. The van der Waals surface area contributed by atoms with Gasteiger partial charge in [0.1, 0.15) is 17.2 Å². The number of aliphatic carboxylic acids is 1. The number of rotatable bonds is 8. The lowest BCUT2D eigenvalue weighted by atomic mass is 10.0. The predicted octanol–water partition coefficient (Wildman–Crippen LogP) is 7.12. The molecular formula is C27H20Br2F3NO6. The Morgan fingerprint density at radius 2 is 1.69 bits per heavy atom. The number of methoxy groups -OCH3 is 1. The molecule has 1 aromatic heterocycles. The van der Waals surface area contributed by atoms with Crippen LogP contribution in [0.1, 0.15) is 27.2 Å². The fourth-order valence-corrected chi connectivity index (χ4v) is 5.76. The molecule has 0 atom stereocenters. The highest BCUT2D eigenvalue weighted by Crippen LogP contribution is 2.37. The number of alkyl halides is 3. The van der Waals surface area contributed by atoms with Gasteiger partial charge in [-0.25, -0.2) is 4.79 Å². The molecule has 0 saturated heterocycles. The average molecular weight is 671 g/mol. The molecule has 39 heavy (non-hydrogen) atoms. The molecule has 0 unspecified atom stereocenters. The first-order valence-corrected chi connectivity index (χ1v) is 12.9. The van der Waals surface area contributed by atoms with Crippen molar-refractivity contribution < 1.29 is 42.1 Å². The third-order valence-corrected chi connectivity index (χ3v) is 7.01. The van der Waals surface area contributed by atoms with E-state index in [4.69, 9.17) is 14.6 Å². The Hall–Kier alpha value is -3.51. The van der Waals surface area contributed by atoms with Crippen molar-refractivity contribution in [2.24, 2.45) is 0 Å². The van der Waals surface area contributed by atoms with E-state index in [0.717, 1.165) is 6.07 Å². The van der Waals surface area contributed by atoms with Crippen molar-refractivity contribution in [3.05, 3.63) is 85.9 Å². The standard InChI is InChI=1S/C27H20Br2F3NO6/c1-14-19(9-15-4-3-5-17(8-15)38-13-24(34)35)20-12-18(39-27(30,31)32)6-7-23(20)33(14)26(36)16-10-21(28)25(37-2)22(29)11-16/h3-8,10-12H,9,13H2,1-2H3,(H,34,35). The van der Waals surface area contributed by atoms with Gasteiger partial charge in [0.2, 0.25) is 0 Å². The molecule has 0 aliphatic carbocycles. The molecule has 204 valence electrons. The molecule has 0 radical (unpaired) electrons. The zero-order chi connectivity index (χ0) is 28.5. The molecule has 0 aliphatic heterocycles. The zero-order valence-corrected chi connectivity index (χ0v) is 23.6. The maximum atomic E-state index is 13.8. The van der Waals surface area contributed by atoms with Gasteiger partial charge in [-0.2, -0.15) is 0 Å². The molecule has 0 saturated carbocycles. The molecule has 0 aliphatic rings. The van der Waals surface area contributed by atoms with E-state index in [9.17, 15) is 22.8 Å². The molecule has 0 spiro atoms. The van der Waals surface area contributed by atoms with Crippen molar-refractivity contribution in [2.75, 3.05) is 13.7 Å².